The predicted octanol–water partition coefficient (Wildman–Crippen LogP) is 3.95. The van der Waals surface area contributed by atoms with E-state index < -0.39 is 0 Å². The lowest BCUT2D eigenvalue weighted by atomic mass is 10.1. The summed E-state index contributed by atoms with van der Waals surface area (Å²) in [6.45, 7) is 7.67. The molecule has 2 aliphatic rings. The summed E-state index contributed by atoms with van der Waals surface area (Å²) >= 11 is 0. The number of nitrogens with zero attached hydrogens (tertiary/aromatic N) is 2. The third kappa shape index (κ3) is 7.34. The summed E-state index contributed by atoms with van der Waals surface area (Å²) in [5, 5.41) is 7.04. The van der Waals surface area contributed by atoms with Crippen LogP contribution in [0.1, 0.15) is 44.1 Å². The first-order chi connectivity index (χ1) is 14.2. The van der Waals surface area contributed by atoms with Gasteiger partial charge >= 0.3 is 0 Å². The standard InChI is InChI=1S/C23H36N4O2.HI/c1-4-13-27-14-11-19(12-15-27)26-23(24-2)25-17-18-9-10-21(28-3)16-22(18)29-20-7-5-6-8-20;/h4,9-10,16,19-20H,1,5-8,11-15,17H2,2-3H3,(H2,24,25,26);1H. The second kappa shape index (κ2) is 13.0. The Balaban J connectivity index is 0.00000320. The number of likely N-dealkylation sites (tertiary alicyclic amines) is 1. The Hall–Kier alpha value is -1.48. The number of hydrogen-bond acceptors (Lipinski definition) is 4. The highest BCUT2D eigenvalue weighted by Crippen LogP contribution is 2.30. The van der Waals surface area contributed by atoms with Crippen molar-refractivity contribution >= 4 is 29.9 Å². The molecule has 1 heterocycles. The summed E-state index contributed by atoms with van der Waals surface area (Å²) in [5.74, 6) is 2.59. The van der Waals surface area contributed by atoms with Crippen molar-refractivity contribution in [1.82, 2.24) is 15.5 Å². The van der Waals surface area contributed by atoms with Crippen molar-refractivity contribution in [2.24, 2.45) is 4.99 Å². The SMILES string of the molecule is C=CCN1CCC(NC(=NC)NCc2ccc(OC)cc2OC2CCCC2)CC1.I. The van der Waals surface area contributed by atoms with Crippen LogP contribution in [0.5, 0.6) is 11.5 Å². The highest BCUT2D eigenvalue weighted by Gasteiger charge is 2.20. The molecule has 2 fully saturated rings. The molecule has 168 valence electrons. The van der Waals surface area contributed by atoms with Crippen molar-refractivity contribution < 1.29 is 9.47 Å². The van der Waals surface area contributed by atoms with E-state index in [-0.39, 0.29) is 24.0 Å². The van der Waals surface area contributed by atoms with E-state index in [4.69, 9.17) is 9.47 Å². The van der Waals surface area contributed by atoms with E-state index in [1.54, 1.807) is 7.11 Å². The lowest BCUT2D eigenvalue weighted by Gasteiger charge is -2.32. The van der Waals surface area contributed by atoms with E-state index >= 15 is 0 Å². The van der Waals surface area contributed by atoms with Crippen LogP contribution in [-0.2, 0) is 6.54 Å². The molecule has 0 radical (unpaired) electrons. The van der Waals surface area contributed by atoms with E-state index in [0.29, 0.717) is 18.7 Å². The average Bonchev–Trinajstić information content (AvgIpc) is 3.26. The van der Waals surface area contributed by atoms with Gasteiger partial charge in [0.25, 0.3) is 0 Å². The zero-order valence-corrected chi connectivity index (χ0v) is 20.7. The molecule has 1 aromatic carbocycles. The molecular weight excluding hydrogens is 491 g/mol. The largest absolute Gasteiger partial charge is 0.497 e. The molecule has 0 spiro atoms. The molecule has 3 rings (SSSR count). The van der Waals surface area contributed by atoms with Gasteiger partial charge in [0.05, 0.1) is 13.2 Å². The molecule has 1 saturated carbocycles. The van der Waals surface area contributed by atoms with Gasteiger partial charge in [-0.2, -0.15) is 0 Å². The Labute approximate surface area is 198 Å². The fourth-order valence-electron chi connectivity index (χ4n) is 4.11. The Morgan fingerprint density at radius 2 is 1.97 bits per heavy atom. The van der Waals surface area contributed by atoms with Crippen molar-refractivity contribution in [2.45, 2.75) is 57.2 Å². The van der Waals surface area contributed by atoms with Gasteiger partial charge in [0.2, 0.25) is 0 Å². The minimum absolute atomic E-state index is 0. The summed E-state index contributed by atoms with van der Waals surface area (Å²) in [5.41, 5.74) is 1.13. The zero-order valence-electron chi connectivity index (χ0n) is 18.4. The van der Waals surface area contributed by atoms with Gasteiger partial charge in [0, 0.05) is 50.9 Å². The molecule has 2 N–H and O–H groups in total. The summed E-state index contributed by atoms with van der Waals surface area (Å²) in [6, 6.07) is 6.52. The van der Waals surface area contributed by atoms with Gasteiger partial charge in [-0.1, -0.05) is 6.08 Å². The molecule has 30 heavy (non-hydrogen) atoms. The lowest BCUT2D eigenvalue weighted by molar-refractivity contribution is 0.207. The first-order valence-electron chi connectivity index (χ1n) is 10.9. The van der Waals surface area contributed by atoms with Crippen LogP contribution in [0.2, 0.25) is 0 Å². The van der Waals surface area contributed by atoms with Gasteiger partial charge in [-0.3, -0.25) is 9.89 Å². The van der Waals surface area contributed by atoms with Crippen molar-refractivity contribution in [3.05, 3.63) is 36.4 Å². The maximum absolute atomic E-state index is 6.31. The fourth-order valence-corrected chi connectivity index (χ4v) is 4.11. The number of ether oxygens (including phenoxy) is 2. The monoisotopic (exact) mass is 528 g/mol. The van der Waals surface area contributed by atoms with Crippen LogP contribution in [0.4, 0.5) is 0 Å². The molecule has 0 amide bonds. The Kier molecular flexibility index (Phi) is 10.8. The maximum atomic E-state index is 6.31. The summed E-state index contributed by atoms with van der Waals surface area (Å²) in [6.07, 6.45) is 9.32. The molecule has 1 saturated heterocycles. The number of guanidine groups is 1. The predicted molar refractivity (Wildman–Crippen MR) is 134 cm³/mol. The highest BCUT2D eigenvalue weighted by molar-refractivity contribution is 14.0. The second-order valence-corrected chi connectivity index (χ2v) is 7.93. The van der Waals surface area contributed by atoms with E-state index in [0.717, 1.165) is 68.3 Å². The van der Waals surface area contributed by atoms with Crippen molar-refractivity contribution in [2.75, 3.05) is 33.8 Å². The minimum atomic E-state index is 0. The van der Waals surface area contributed by atoms with Gasteiger partial charge in [0.1, 0.15) is 11.5 Å². The third-order valence-electron chi connectivity index (χ3n) is 5.86. The number of aliphatic imine (C=N–C) groups is 1. The van der Waals surface area contributed by atoms with Crippen LogP contribution >= 0.6 is 24.0 Å². The number of nitrogens with one attached hydrogen (secondary N) is 2. The smallest absolute Gasteiger partial charge is 0.191 e. The number of piperidine rings is 1. The van der Waals surface area contributed by atoms with E-state index in [2.05, 4.69) is 33.2 Å². The number of rotatable bonds is 8. The van der Waals surface area contributed by atoms with E-state index in [1.807, 2.05) is 25.3 Å². The van der Waals surface area contributed by atoms with Crippen LogP contribution in [0, 0.1) is 0 Å². The third-order valence-corrected chi connectivity index (χ3v) is 5.86. The first-order valence-corrected chi connectivity index (χ1v) is 10.9. The maximum Gasteiger partial charge on any atom is 0.191 e. The Bertz CT molecular complexity index is 684. The fraction of sp³-hybridized carbons (Fsp3) is 0.609. The second-order valence-electron chi connectivity index (χ2n) is 7.93. The Morgan fingerprint density at radius 3 is 2.60 bits per heavy atom. The van der Waals surface area contributed by atoms with Gasteiger partial charge in [-0.25, -0.2) is 0 Å². The molecule has 1 aliphatic carbocycles. The Morgan fingerprint density at radius 1 is 1.23 bits per heavy atom. The molecule has 1 aromatic rings. The molecule has 1 aliphatic heterocycles. The van der Waals surface area contributed by atoms with Crippen molar-refractivity contribution in [3.63, 3.8) is 0 Å². The number of benzene rings is 1. The van der Waals surface area contributed by atoms with Crippen LogP contribution in [0.15, 0.2) is 35.8 Å². The average molecular weight is 528 g/mol. The van der Waals surface area contributed by atoms with Crippen LogP contribution < -0.4 is 20.1 Å². The van der Waals surface area contributed by atoms with Crippen LogP contribution in [0.25, 0.3) is 0 Å². The molecular formula is C23H37IN4O2. The summed E-state index contributed by atoms with van der Waals surface area (Å²) in [7, 11) is 3.52. The molecule has 0 aromatic heterocycles. The van der Waals surface area contributed by atoms with Gasteiger partial charge < -0.3 is 20.1 Å². The topological polar surface area (TPSA) is 58.1 Å². The van der Waals surface area contributed by atoms with Crippen LogP contribution in [0.3, 0.4) is 0 Å². The number of hydrogen-bond donors (Lipinski definition) is 2. The zero-order chi connectivity index (χ0) is 20.5. The van der Waals surface area contributed by atoms with E-state index in [9.17, 15) is 0 Å². The molecule has 0 bridgehead atoms. The van der Waals surface area contributed by atoms with Gasteiger partial charge in [-0.05, 0) is 50.7 Å². The summed E-state index contributed by atoms with van der Waals surface area (Å²) in [4.78, 5) is 6.85. The first kappa shape index (κ1) is 24.8. The number of halogens is 1. The molecule has 0 atom stereocenters. The molecule has 0 unspecified atom stereocenters. The quantitative estimate of drug-likeness (QED) is 0.232. The molecule has 7 heteroatoms. The van der Waals surface area contributed by atoms with Crippen molar-refractivity contribution in [3.8, 4) is 11.5 Å². The molecule has 6 nitrogen and oxygen atoms in total. The van der Waals surface area contributed by atoms with E-state index in [1.165, 1.54) is 12.8 Å². The summed E-state index contributed by atoms with van der Waals surface area (Å²) < 4.78 is 11.7. The van der Waals surface area contributed by atoms with Crippen LogP contribution in [-0.4, -0.2) is 56.8 Å². The van der Waals surface area contributed by atoms with Gasteiger partial charge in [0.15, 0.2) is 5.96 Å². The normalized spacial score (nSPS) is 18.5. The number of methoxy groups -OCH3 is 1. The highest BCUT2D eigenvalue weighted by atomic mass is 127. The van der Waals surface area contributed by atoms with Gasteiger partial charge in [-0.15, -0.1) is 30.6 Å². The van der Waals surface area contributed by atoms with Crippen molar-refractivity contribution in [1.29, 1.82) is 0 Å². The lowest BCUT2D eigenvalue weighted by Crippen LogP contribution is -2.48. The minimum Gasteiger partial charge on any atom is -0.497 e.